The molecule has 0 fully saturated rings. The van der Waals surface area contributed by atoms with Crippen molar-refractivity contribution >= 4 is 22.6 Å². The quantitative estimate of drug-likeness (QED) is 0.829. The van der Waals surface area contributed by atoms with Gasteiger partial charge < -0.3 is 5.11 Å². The highest BCUT2D eigenvalue weighted by molar-refractivity contribution is 8.07. The fourth-order valence-electron chi connectivity index (χ4n) is 1.85. The number of aryl methyl sites for hydroxylation is 1. The zero-order valence-electron chi connectivity index (χ0n) is 11.2. The lowest BCUT2D eigenvalue weighted by Gasteiger charge is -2.09. The van der Waals surface area contributed by atoms with Crippen LogP contribution in [0.4, 0.5) is 0 Å². The van der Waals surface area contributed by atoms with Gasteiger partial charge in [-0.05, 0) is 23.6 Å². The van der Waals surface area contributed by atoms with Gasteiger partial charge >= 0.3 is 5.97 Å². The molecule has 0 spiro atoms. The number of hydrogen-bond donors (Lipinski definition) is 1. The van der Waals surface area contributed by atoms with E-state index in [0.717, 1.165) is 16.2 Å². The predicted octanol–water partition coefficient (Wildman–Crippen LogP) is 4.35. The average Bonchev–Trinajstić information content (AvgIpc) is 2.45. The van der Waals surface area contributed by atoms with E-state index >= 15 is 0 Å². The lowest BCUT2D eigenvalue weighted by atomic mass is 10.1. The van der Waals surface area contributed by atoms with Crippen LogP contribution in [0.3, 0.4) is 0 Å². The van der Waals surface area contributed by atoms with E-state index in [9.17, 15) is 4.79 Å². The van der Waals surface area contributed by atoms with Gasteiger partial charge in [-0.25, -0.2) is 4.79 Å². The Morgan fingerprint density at radius 2 is 1.75 bits per heavy atom. The molecule has 3 heteroatoms. The molecular weight excluding hydrogens is 268 g/mol. The number of aliphatic carboxylic acids is 1. The van der Waals surface area contributed by atoms with Gasteiger partial charge in [0.1, 0.15) is 0 Å². The Morgan fingerprint density at radius 1 is 1.10 bits per heavy atom. The van der Waals surface area contributed by atoms with E-state index in [1.54, 1.807) is 11.8 Å². The van der Waals surface area contributed by atoms with Crippen LogP contribution in [0.5, 0.6) is 0 Å². The fraction of sp³-hybridized carbons (Fsp3) is 0.118. The fourth-order valence-corrected chi connectivity index (χ4v) is 2.97. The molecule has 0 aliphatic rings. The summed E-state index contributed by atoms with van der Waals surface area (Å²) >= 11 is 1.55. The van der Waals surface area contributed by atoms with Crippen LogP contribution in [-0.4, -0.2) is 11.1 Å². The largest absolute Gasteiger partial charge is 0.478 e. The van der Waals surface area contributed by atoms with Crippen molar-refractivity contribution in [1.29, 1.82) is 0 Å². The molecular formula is C17H16O2S. The van der Waals surface area contributed by atoms with Crippen molar-refractivity contribution in [2.24, 2.45) is 0 Å². The number of hydrogen-bond acceptors (Lipinski definition) is 2. The summed E-state index contributed by atoms with van der Waals surface area (Å²) in [5.41, 5.74) is 3.39. The van der Waals surface area contributed by atoms with Crippen molar-refractivity contribution in [3.63, 3.8) is 0 Å². The summed E-state index contributed by atoms with van der Waals surface area (Å²) in [6, 6.07) is 17.8. The molecule has 0 aromatic heterocycles. The van der Waals surface area contributed by atoms with E-state index in [4.69, 9.17) is 5.11 Å². The van der Waals surface area contributed by atoms with Crippen molar-refractivity contribution in [2.45, 2.75) is 12.7 Å². The Balaban J connectivity index is 2.18. The average molecular weight is 284 g/mol. The van der Waals surface area contributed by atoms with Crippen LogP contribution in [0.15, 0.2) is 60.7 Å². The normalized spacial score (nSPS) is 11.3. The Labute approximate surface area is 123 Å². The lowest BCUT2D eigenvalue weighted by Crippen LogP contribution is -1.92. The number of benzene rings is 2. The number of carboxylic acid groups (broad SMARTS) is 1. The molecule has 1 N–H and O–H groups in total. The molecule has 0 radical (unpaired) electrons. The lowest BCUT2D eigenvalue weighted by molar-refractivity contribution is -0.131. The summed E-state index contributed by atoms with van der Waals surface area (Å²) in [5, 5.41) is 9.01. The molecule has 2 nitrogen and oxygen atoms in total. The van der Waals surface area contributed by atoms with Crippen LogP contribution in [0.25, 0.3) is 4.91 Å². The van der Waals surface area contributed by atoms with E-state index in [0.29, 0.717) is 0 Å². The van der Waals surface area contributed by atoms with Crippen LogP contribution in [0.2, 0.25) is 0 Å². The molecule has 0 amide bonds. The molecule has 0 saturated heterocycles. The third-order valence-electron chi connectivity index (χ3n) is 2.96. The first-order valence-corrected chi connectivity index (χ1v) is 7.33. The minimum Gasteiger partial charge on any atom is -0.478 e. The Kier molecular flexibility index (Phi) is 5.02. The summed E-state index contributed by atoms with van der Waals surface area (Å²) in [5.74, 6) is -0.151. The minimum absolute atomic E-state index is 0.765. The first kappa shape index (κ1) is 14.4. The van der Waals surface area contributed by atoms with Crippen LogP contribution in [-0.2, 0) is 10.5 Å². The second-order valence-electron chi connectivity index (χ2n) is 4.43. The van der Waals surface area contributed by atoms with Gasteiger partial charge in [0.15, 0.2) is 0 Å². The maximum Gasteiger partial charge on any atom is 0.329 e. The van der Waals surface area contributed by atoms with Crippen LogP contribution in [0, 0.1) is 6.92 Å². The van der Waals surface area contributed by atoms with E-state index in [-0.39, 0.29) is 0 Å². The highest BCUT2D eigenvalue weighted by atomic mass is 32.2. The highest BCUT2D eigenvalue weighted by Gasteiger charge is 2.06. The van der Waals surface area contributed by atoms with Gasteiger partial charge in [-0.2, -0.15) is 0 Å². The van der Waals surface area contributed by atoms with Gasteiger partial charge in [-0.1, -0.05) is 54.6 Å². The monoisotopic (exact) mass is 284 g/mol. The maximum absolute atomic E-state index is 11.0. The van der Waals surface area contributed by atoms with Crippen molar-refractivity contribution in [3.05, 3.63) is 77.4 Å². The van der Waals surface area contributed by atoms with Crippen molar-refractivity contribution < 1.29 is 9.90 Å². The van der Waals surface area contributed by atoms with Gasteiger partial charge in [0.2, 0.25) is 0 Å². The van der Waals surface area contributed by atoms with Crippen LogP contribution in [0.1, 0.15) is 16.7 Å². The second kappa shape index (κ2) is 6.96. The standard InChI is InChI=1S/C17H16O2S/c1-13-7-5-6-10-15(13)12-20-16(11-17(18)19)14-8-3-2-4-9-14/h2-11H,12H2,1H3,(H,18,19)/b16-11+. The molecule has 0 aliphatic carbocycles. The van der Waals surface area contributed by atoms with Crippen molar-refractivity contribution in [2.75, 3.05) is 0 Å². The Morgan fingerprint density at radius 3 is 2.40 bits per heavy atom. The summed E-state index contributed by atoms with van der Waals surface area (Å²) in [6.45, 7) is 2.07. The van der Waals surface area contributed by atoms with Gasteiger partial charge in [0.25, 0.3) is 0 Å². The zero-order valence-corrected chi connectivity index (χ0v) is 12.1. The first-order valence-electron chi connectivity index (χ1n) is 6.34. The third-order valence-corrected chi connectivity index (χ3v) is 4.08. The van der Waals surface area contributed by atoms with E-state index in [1.165, 1.54) is 17.2 Å². The highest BCUT2D eigenvalue weighted by Crippen LogP contribution is 2.31. The van der Waals surface area contributed by atoms with E-state index < -0.39 is 5.97 Å². The number of thioether (sulfide) groups is 1. The maximum atomic E-state index is 11.0. The molecule has 2 aromatic carbocycles. The molecule has 0 heterocycles. The third kappa shape index (κ3) is 4.00. The van der Waals surface area contributed by atoms with Crippen molar-refractivity contribution in [3.8, 4) is 0 Å². The smallest absolute Gasteiger partial charge is 0.329 e. The summed E-state index contributed by atoms with van der Waals surface area (Å²) in [4.78, 5) is 11.8. The van der Waals surface area contributed by atoms with Crippen LogP contribution < -0.4 is 0 Å². The first-order chi connectivity index (χ1) is 9.66. The van der Waals surface area contributed by atoms with Gasteiger partial charge in [-0.3, -0.25) is 0 Å². The number of carbonyl (C=O) groups is 1. The number of rotatable bonds is 5. The van der Waals surface area contributed by atoms with Crippen molar-refractivity contribution in [1.82, 2.24) is 0 Å². The Hall–Kier alpha value is -2.00. The topological polar surface area (TPSA) is 37.3 Å². The molecule has 0 aliphatic heterocycles. The second-order valence-corrected chi connectivity index (χ2v) is 5.45. The minimum atomic E-state index is -0.916. The SMILES string of the molecule is Cc1ccccc1CS/C(=C/C(=O)O)c1ccccc1. The predicted molar refractivity (Wildman–Crippen MR) is 84.5 cm³/mol. The van der Waals surface area contributed by atoms with Crippen LogP contribution >= 0.6 is 11.8 Å². The molecule has 0 atom stereocenters. The molecule has 0 saturated carbocycles. The number of carboxylic acids is 1. The Bertz CT molecular complexity index is 618. The van der Waals surface area contributed by atoms with E-state index in [2.05, 4.69) is 19.1 Å². The summed E-state index contributed by atoms with van der Waals surface area (Å²) in [7, 11) is 0. The molecule has 0 bridgehead atoms. The zero-order chi connectivity index (χ0) is 14.4. The molecule has 2 aromatic rings. The molecule has 20 heavy (non-hydrogen) atoms. The summed E-state index contributed by atoms with van der Waals surface area (Å²) in [6.07, 6.45) is 1.28. The van der Waals surface area contributed by atoms with Gasteiger partial charge in [-0.15, -0.1) is 11.8 Å². The van der Waals surface area contributed by atoms with Gasteiger partial charge in [0, 0.05) is 16.7 Å². The summed E-state index contributed by atoms with van der Waals surface area (Å²) < 4.78 is 0. The van der Waals surface area contributed by atoms with E-state index in [1.807, 2.05) is 42.5 Å². The molecule has 102 valence electrons. The molecule has 2 rings (SSSR count). The molecule has 0 unspecified atom stereocenters. The van der Waals surface area contributed by atoms with Gasteiger partial charge in [0.05, 0.1) is 0 Å².